The monoisotopic (exact) mass is 399 g/mol. The van der Waals surface area contributed by atoms with Crippen LogP contribution in [0.5, 0.6) is 0 Å². The standard InChI is InChI=1S/C25H21NO2S/c1-19-7-17-25(18-8-19)29(27,28)26-24-15-13-23(14-16-24)22-11-9-21(10-12-22)20-5-3-2-4-6-20/h2-18,26H,1H3. The summed E-state index contributed by atoms with van der Waals surface area (Å²) >= 11 is 0. The molecule has 0 aliphatic heterocycles. The molecule has 0 heterocycles. The van der Waals surface area contributed by atoms with Crippen molar-refractivity contribution in [2.45, 2.75) is 11.8 Å². The summed E-state index contributed by atoms with van der Waals surface area (Å²) in [5, 5.41) is 0. The van der Waals surface area contributed by atoms with E-state index < -0.39 is 10.0 Å². The van der Waals surface area contributed by atoms with Crippen molar-refractivity contribution in [1.82, 2.24) is 0 Å². The molecule has 0 unspecified atom stereocenters. The Bertz CT molecular complexity index is 1200. The average molecular weight is 400 g/mol. The predicted molar refractivity (Wildman–Crippen MR) is 119 cm³/mol. The first-order valence-corrected chi connectivity index (χ1v) is 10.8. The van der Waals surface area contributed by atoms with Gasteiger partial charge in [0.05, 0.1) is 4.90 Å². The summed E-state index contributed by atoms with van der Waals surface area (Å²) < 4.78 is 27.7. The van der Waals surface area contributed by atoms with Crippen molar-refractivity contribution in [3.8, 4) is 22.3 Å². The molecule has 1 N–H and O–H groups in total. The number of hydrogen-bond donors (Lipinski definition) is 1. The summed E-state index contributed by atoms with van der Waals surface area (Å²) in [6, 6.07) is 32.8. The molecule has 4 aromatic carbocycles. The van der Waals surface area contributed by atoms with Gasteiger partial charge in [-0.05, 0) is 53.4 Å². The molecule has 29 heavy (non-hydrogen) atoms. The van der Waals surface area contributed by atoms with Crippen molar-refractivity contribution in [1.29, 1.82) is 0 Å². The van der Waals surface area contributed by atoms with Crippen LogP contribution in [0.15, 0.2) is 108 Å². The highest BCUT2D eigenvalue weighted by Crippen LogP contribution is 2.26. The Kier molecular flexibility index (Phi) is 5.19. The van der Waals surface area contributed by atoms with E-state index in [-0.39, 0.29) is 4.90 Å². The molecule has 0 saturated carbocycles. The molecule has 0 bridgehead atoms. The molecule has 0 aliphatic rings. The summed E-state index contributed by atoms with van der Waals surface area (Å²) in [6.07, 6.45) is 0. The van der Waals surface area contributed by atoms with Crippen molar-refractivity contribution in [3.05, 3.63) is 109 Å². The van der Waals surface area contributed by atoms with Crippen LogP contribution < -0.4 is 4.72 Å². The zero-order valence-electron chi connectivity index (χ0n) is 16.0. The van der Waals surface area contributed by atoms with E-state index in [0.717, 1.165) is 22.3 Å². The summed E-state index contributed by atoms with van der Waals surface area (Å²) in [5.74, 6) is 0. The van der Waals surface area contributed by atoms with Gasteiger partial charge in [-0.25, -0.2) is 8.42 Å². The second kappa shape index (κ2) is 7.94. The first-order valence-electron chi connectivity index (χ1n) is 9.37. The van der Waals surface area contributed by atoms with Gasteiger partial charge in [0.2, 0.25) is 0 Å². The van der Waals surface area contributed by atoms with E-state index in [1.54, 1.807) is 36.4 Å². The molecule has 0 aromatic heterocycles. The second-order valence-corrected chi connectivity index (χ2v) is 8.62. The van der Waals surface area contributed by atoms with E-state index >= 15 is 0 Å². The minimum absolute atomic E-state index is 0.253. The van der Waals surface area contributed by atoms with E-state index in [1.165, 1.54) is 5.56 Å². The summed E-state index contributed by atoms with van der Waals surface area (Å²) in [7, 11) is -3.59. The molecule has 0 amide bonds. The number of benzene rings is 4. The van der Waals surface area contributed by atoms with Gasteiger partial charge in [0, 0.05) is 5.69 Å². The maximum Gasteiger partial charge on any atom is 0.261 e. The first kappa shape index (κ1) is 19.0. The fraction of sp³-hybridized carbons (Fsp3) is 0.0400. The normalized spacial score (nSPS) is 11.2. The number of aryl methyl sites for hydroxylation is 1. The molecule has 4 aromatic rings. The molecule has 0 spiro atoms. The van der Waals surface area contributed by atoms with Crippen molar-refractivity contribution < 1.29 is 8.42 Å². The van der Waals surface area contributed by atoms with Crippen molar-refractivity contribution in [2.75, 3.05) is 4.72 Å². The van der Waals surface area contributed by atoms with Gasteiger partial charge in [0.25, 0.3) is 10.0 Å². The van der Waals surface area contributed by atoms with Crippen molar-refractivity contribution in [3.63, 3.8) is 0 Å². The third kappa shape index (κ3) is 4.39. The molecule has 0 radical (unpaired) electrons. The van der Waals surface area contributed by atoms with Gasteiger partial charge in [-0.2, -0.15) is 0 Å². The summed E-state index contributed by atoms with van der Waals surface area (Å²) in [5.41, 5.74) is 6.01. The lowest BCUT2D eigenvalue weighted by atomic mass is 10.0. The van der Waals surface area contributed by atoms with Gasteiger partial charge < -0.3 is 0 Å². The third-order valence-electron chi connectivity index (χ3n) is 4.79. The summed E-state index contributed by atoms with van der Waals surface area (Å²) in [6.45, 7) is 1.93. The maximum atomic E-state index is 12.5. The van der Waals surface area contributed by atoms with Gasteiger partial charge >= 0.3 is 0 Å². The quantitative estimate of drug-likeness (QED) is 0.439. The lowest BCUT2D eigenvalue weighted by Crippen LogP contribution is -2.12. The fourth-order valence-electron chi connectivity index (χ4n) is 3.15. The molecular formula is C25H21NO2S. The fourth-order valence-corrected chi connectivity index (χ4v) is 4.21. The zero-order valence-corrected chi connectivity index (χ0v) is 16.9. The molecule has 0 fully saturated rings. The van der Waals surface area contributed by atoms with Crippen LogP contribution in [0.1, 0.15) is 5.56 Å². The van der Waals surface area contributed by atoms with Gasteiger partial charge in [0.15, 0.2) is 0 Å². The predicted octanol–water partition coefficient (Wildman–Crippen LogP) is 6.13. The van der Waals surface area contributed by atoms with Crippen LogP contribution in [0.3, 0.4) is 0 Å². The minimum Gasteiger partial charge on any atom is -0.280 e. The van der Waals surface area contributed by atoms with E-state index in [0.29, 0.717) is 5.69 Å². The molecular weight excluding hydrogens is 378 g/mol. The highest BCUT2D eigenvalue weighted by molar-refractivity contribution is 7.92. The van der Waals surface area contributed by atoms with Crippen molar-refractivity contribution >= 4 is 15.7 Å². The minimum atomic E-state index is -3.59. The number of anilines is 1. The molecule has 4 heteroatoms. The second-order valence-electron chi connectivity index (χ2n) is 6.94. The Morgan fingerprint density at radius 1 is 0.552 bits per heavy atom. The molecule has 144 valence electrons. The Hall–Kier alpha value is -3.37. The van der Waals surface area contributed by atoms with Crippen LogP contribution in [0.25, 0.3) is 22.3 Å². The van der Waals surface area contributed by atoms with Crippen LogP contribution in [-0.2, 0) is 10.0 Å². The molecule has 0 atom stereocenters. The number of hydrogen-bond acceptors (Lipinski definition) is 2. The number of sulfonamides is 1. The van der Waals surface area contributed by atoms with Crippen LogP contribution in [0.2, 0.25) is 0 Å². The lowest BCUT2D eigenvalue weighted by molar-refractivity contribution is 0.601. The Balaban J connectivity index is 1.51. The average Bonchev–Trinajstić information content (AvgIpc) is 2.75. The van der Waals surface area contributed by atoms with Crippen molar-refractivity contribution in [2.24, 2.45) is 0 Å². The largest absolute Gasteiger partial charge is 0.280 e. The topological polar surface area (TPSA) is 46.2 Å². The third-order valence-corrected chi connectivity index (χ3v) is 6.19. The Labute approximate surface area is 171 Å². The molecule has 0 saturated heterocycles. The summed E-state index contributed by atoms with van der Waals surface area (Å²) in [4.78, 5) is 0.253. The molecule has 4 rings (SSSR count). The van der Waals surface area contributed by atoms with E-state index in [9.17, 15) is 8.42 Å². The lowest BCUT2D eigenvalue weighted by Gasteiger charge is -2.10. The smallest absolute Gasteiger partial charge is 0.261 e. The highest BCUT2D eigenvalue weighted by atomic mass is 32.2. The number of rotatable bonds is 5. The number of nitrogens with one attached hydrogen (secondary N) is 1. The van der Waals surface area contributed by atoms with Crippen LogP contribution >= 0.6 is 0 Å². The molecule has 0 aliphatic carbocycles. The van der Waals surface area contributed by atoms with Crippen LogP contribution in [-0.4, -0.2) is 8.42 Å². The Morgan fingerprint density at radius 2 is 1.00 bits per heavy atom. The highest BCUT2D eigenvalue weighted by Gasteiger charge is 2.13. The van der Waals surface area contributed by atoms with E-state index in [1.807, 2.05) is 37.3 Å². The van der Waals surface area contributed by atoms with E-state index in [2.05, 4.69) is 41.1 Å². The SMILES string of the molecule is Cc1ccc(S(=O)(=O)Nc2ccc(-c3ccc(-c4ccccc4)cc3)cc2)cc1. The van der Waals surface area contributed by atoms with Gasteiger partial charge in [-0.3, -0.25) is 4.72 Å². The first-order chi connectivity index (χ1) is 14.0. The van der Waals surface area contributed by atoms with Crippen LogP contribution in [0.4, 0.5) is 5.69 Å². The van der Waals surface area contributed by atoms with E-state index in [4.69, 9.17) is 0 Å². The Morgan fingerprint density at radius 3 is 1.52 bits per heavy atom. The van der Waals surface area contributed by atoms with Gasteiger partial charge in [0.1, 0.15) is 0 Å². The van der Waals surface area contributed by atoms with Gasteiger partial charge in [-0.15, -0.1) is 0 Å². The van der Waals surface area contributed by atoms with Crippen LogP contribution in [0, 0.1) is 6.92 Å². The maximum absolute atomic E-state index is 12.5. The van der Waals surface area contributed by atoms with Gasteiger partial charge in [-0.1, -0.05) is 84.4 Å². The zero-order chi connectivity index (χ0) is 20.3. The molecule has 3 nitrogen and oxygen atoms in total.